The van der Waals surface area contributed by atoms with Gasteiger partial charge in [-0.1, -0.05) is 127 Å². The lowest BCUT2D eigenvalue weighted by molar-refractivity contribution is 1.13. The van der Waals surface area contributed by atoms with E-state index in [0.717, 1.165) is 11.4 Å². The molecule has 0 atom stereocenters. The van der Waals surface area contributed by atoms with Crippen LogP contribution in [0.2, 0.25) is 0 Å². The van der Waals surface area contributed by atoms with Gasteiger partial charge < -0.3 is 9.13 Å². The lowest BCUT2D eigenvalue weighted by Crippen LogP contribution is -1.94. The summed E-state index contributed by atoms with van der Waals surface area (Å²) in [5.41, 5.74) is 10.9. The molecule has 0 bridgehead atoms. The smallest absolute Gasteiger partial charge is 0.0635 e. The monoisotopic (exact) mass is 660 g/mol. The SMILES string of the molecule is c1ccc(-c2ccc3c4ccc(-c5ccc6c(c5)c5ccc7c(ccn7-c7ccccc7)c5n6-c5ccccc5)cc4c4ccccc4c3c2)cc1. The maximum atomic E-state index is 2.44. The third-order valence-electron chi connectivity index (χ3n) is 10.9. The number of fused-ring (bicyclic) bond motifs is 11. The van der Waals surface area contributed by atoms with Crippen LogP contribution in [-0.4, -0.2) is 9.13 Å². The standard InChI is InChI=1S/C50H32N2/c1-4-12-33(13-5-1)34-20-23-41-42-24-21-35(31-46(42)40-19-11-10-18-39(40)45(41)30-34)36-22-26-49-47(32-36)43-25-27-48-44(28-29-51(48)37-14-6-2-7-15-37)50(43)52(49)38-16-8-3-9-17-38/h1-32H. The molecule has 0 fully saturated rings. The molecule has 0 spiro atoms. The minimum atomic E-state index is 1.16. The van der Waals surface area contributed by atoms with E-state index in [1.54, 1.807) is 0 Å². The van der Waals surface area contributed by atoms with Gasteiger partial charge in [0, 0.05) is 33.7 Å². The first-order valence-corrected chi connectivity index (χ1v) is 17.9. The van der Waals surface area contributed by atoms with Crippen molar-refractivity contribution in [2.24, 2.45) is 0 Å². The van der Waals surface area contributed by atoms with Crippen molar-refractivity contribution in [2.45, 2.75) is 0 Å². The van der Waals surface area contributed by atoms with Crippen LogP contribution in [0.15, 0.2) is 194 Å². The van der Waals surface area contributed by atoms with Crippen LogP contribution in [0.25, 0.3) is 98.7 Å². The summed E-state index contributed by atoms with van der Waals surface area (Å²) in [7, 11) is 0. The number of rotatable bonds is 4. The normalized spacial score (nSPS) is 11.8. The summed E-state index contributed by atoms with van der Waals surface area (Å²) in [6, 6.07) is 68.7. The molecule has 0 aliphatic carbocycles. The summed E-state index contributed by atoms with van der Waals surface area (Å²) in [5.74, 6) is 0. The van der Waals surface area contributed by atoms with Crippen molar-refractivity contribution in [1.29, 1.82) is 0 Å². The highest BCUT2D eigenvalue weighted by atomic mass is 15.0. The van der Waals surface area contributed by atoms with Crippen molar-refractivity contribution in [2.75, 3.05) is 0 Å². The molecule has 2 aromatic heterocycles. The van der Waals surface area contributed by atoms with Gasteiger partial charge in [0.1, 0.15) is 0 Å². The summed E-state index contributed by atoms with van der Waals surface area (Å²) in [4.78, 5) is 0. The Hall–Kier alpha value is -6.90. The van der Waals surface area contributed by atoms with Gasteiger partial charge in [0.05, 0.1) is 16.6 Å². The number of hydrogen-bond donors (Lipinski definition) is 0. The molecular weight excluding hydrogens is 629 g/mol. The fraction of sp³-hybridized carbons (Fsp3) is 0. The summed E-state index contributed by atoms with van der Waals surface area (Å²) in [6.07, 6.45) is 2.20. The molecule has 0 N–H and O–H groups in total. The zero-order valence-corrected chi connectivity index (χ0v) is 28.4. The van der Waals surface area contributed by atoms with E-state index in [2.05, 4.69) is 203 Å². The van der Waals surface area contributed by atoms with Gasteiger partial charge in [-0.2, -0.15) is 0 Å². The van der Waals surface area contributed by atoms with Crippen LogP contribution < -0.4 is 0 Å². The van der Waals surface area contributed by atoms with E-state index < -0.39 is 0 Å². The molecule has 0 saturated heterocycles. The quantitative estimate of drug-likeness (QED) is 0.166. The first-order chi connectivity index (χ1) is 25.8. The Labute approximate surface area is 301 Å². The summed E-state index contributed by atoms with van der Waals surface area (Å²) in [5, 5.41) is 11.5. The van der Waals surface area contributed by atoms with E-state index in [1.165, 1.54) is 87.3 Å². The molecule has 0 amide bonds. The molecule has 0 saturated carbocycles. The minimum Gasteiger partial charge on any atom is -0.316 e. The Morgan fingerprint density at radius 2 is 0.750 bits per heavy atom. The average Bonchev–Trinajstić information content (AvgIpc) is 3.81. The zero-order chi connectivity index (χ0) is 34.2. The lowest BCUT2D eigenvalue weighted by Gasteiger charge is -2.14. The van der Waals surface area contributed by atoms with E-state index in [9.17, 15) is 0 Å². The highest BCUT2D eigenvalue weighted by molar-refractivity contribution is 6.26. The Balaban J connectivity index is 1.13. The summed E-state index contributed by atoms with van der Waals surface area (Å²) in [6.45, 7) is 0. The first-order valence-electron chi connectivity index (χ1n) is 17.9. The van der Waals surface area contributed by atoms with Crippen LogP contribution in [0.5, 0.6) is 0 Å². The molecule has 52 heavy (non-hydrogen) atoms. The molecule has 0 aliphatic rings. The third-order valence-corrected chi connectivity index (χ3v) is 10.9. The van der Waals surface area contributed by atoms with Crippen molar-refractivity contribution in [3.63, 3.8) is 0 Å². The van der Waals surface area contributed by atoms with Crippen molar-refractivity contribution >= 4 is 65.0 Å². The maximum Gasteiger partial charge on any atom is 0.0635 e. The van der Waals surface area contributed by atoms with Crippen LogP contribution in [-0.2, 0) is 0 Å². The molecule has 242 valence electrons. The van der Waals surface area contributed by atoms with E-state index in [4.69, 9.17) is 0 Å². The molecule has 9 aromatic carbocycles. The van der Waals surface area contributed by atoms with E-state index in [0.29, 0.717) is 0 Å². The number of nitrogens with zero attached hydrogens (tertiary/aromatic N) is 2. The van der Waals surface area contributed by atoms with Crippen molar-refractivity contribution < 1.29 is 0 Å². The topological polar surface area (TPSA) is 9.86 Å². The predicted molar refractivity (Wildman–Crippen MR) is 221 cm³/mol. The second kappa shape index (κ2) is 11.3. The molecule has 0 unspecified atom stereocenters. The molecular formula is C50H32N2. The highest BCUT2D eigenvalue weighted by Crippen LogP contribution is 2.42. The van der Waals surface area contributed by atoms with Gasteiger partial charge in [-0.3, -0.25) is 0 Å². The third kappa shape index (κ3) is 4.31. The second-order valence-electron chi connectivity index (χ2n) is 13.8. The number of benzene rings is 9. The van der Waals surface area contributed by atoms with Crippen LogP contribution in [0, 0.1) is 0 Å². The van der Waals surface area contributed by atoms with E-state index in [1.807, 2.05) is 0 Å². The largest absolute Gasteiger partial charge is 0.316 e. The van der Waals surface area contributed by atoms with Crippen LogP contribution >= 0.6 is 0 Å². The summed E-state index contributed by atoms with van der Waals surface area (Å²) < 4.78 is 4.73. The van der Waals surface area contributed by atoms with Crippen molar-refractivity contribution in [3.05, 3.63) is 194 Å². The first kappa shape index (κ1) is 28.9. The number of para-hydroxylation sites is 2. The van der Waals surface area contributed by atoms with Gasteiger partial charge in [0.2, 0.25) is 0 Å². The molecule has 11 rings (SSSR count). The molecule has 2 heteroatoms. The van der Waals surface area contributed by atoms with E-state index in [-0.39, 0.29) is 0 Å². The number of hydrogen-bond acceptors (Lipinski definition) is 0. The predicted octanol–water partition coefficient (Wildman–Crippen LogP) is 13.5. The molecule has 2 nitrogen and oxygen atoms in total. The van der Waals surface area contributed by atoms with Crippen molar-refractivity contribution in [1.82, 2.24) is 9.13 Å². The average molecular weight is 661 g/mol. The van der Waals surface area contributed by atoms with Crippen LogP contribution in [0.4, 0.5) is 0 Å². The van der Waals surface area contributed by atoms with Crippen LogP contribution in [0.1, 0.15) is 0 Å². The Bertz CT molecular complexity index is 3130. The molecule has 11 aromatic rings. The number of aromatic nitrogens is 2. The highest BCUT2D eigenvalue weighted by Gasteiger charge is 2.18. The van der Waals surface area contributed by atoms with Gasteiger partial charge >= 0.3 is 0 Å². The fourth-order valence-electron chi connectivity index (χ4n) is 8.51. The Morgan fingerprint density at radius 3 is 1.40 bits per heavy atom. The van der Waals surface area contributed by atoms with Gasteiger partial charge in [0.15, 0.2) is 0 Å². The Morgan fingerprint density at radius 1 is 0.269 bits per heavy atom. The van der Waals surface area contributed by atoms with Gasteiger partial charge in [-0.15, -0.1) is 0 Å². The molecule has 2 heterocycles. The zero-order valence-electron chi connectivity index (χ0n) is 28.4. The van der Waals surface area contributed by atoms with Gasteiger partial charge in [0.25, 0.3) is 0 Å². The van der Waals surface area contributed by atoms with Gasteiger partial charge in [-0.25, -0.2) is 0 Å². The lowest BCUT2D eigenvalue weighted by atomic mass is 9.90. The summed E-state index contributed by atoms with van der Waals surface area (Å²) >= 11 is 0. The second-order valence-corrected chi connectivity index (χ2v) is 13.8. The fourth-order valence-corrected chi connectivity index (χ4v) is 8.51. The molecule has 0 radical (unpaired) electrons. The van der Waals surface area contributed by atoms with Gasteiger partial charge in [-0.05, 0) is 115 Å². The Kier molecular flexibility index (Phi) is 6.28. The molecule has 0 aliphatic heterocycles. The maximum absolute atomic E-state index is 2.44. The van der Waals surface area contributed by atoms with Crippen molar-refractivity contribution in [3.8, 4) is 33.6 Å². The minimum absolute atomic E-state index is 1.16. The van der Waals surface area contributed by atoms with E-state index >= 15 is 0 Å². The van der Waals surface area contributed by atoms with Crippen LogP contribution in [0.3, 0.4) is 0 Å².